The Hall–Kier alpha value is -1.52. The second kappa shape index (κ2) is 6.77. The molecule has 1 aromatic heterocycles. The van der Waals surface area contributed by atoms with Gasteiger partial charge in [-0.05, 0) is 75.9 Å². The van der Waals surface area contributed by atoms with E-state index in [0.29, 0.717) is 12.6 Å². The number of nitrogens with one attached hydrogen (secondary N) is 2. The molecule has 0 aliphatic carbocycles. The Morgan fingerprint density at radius 1 is 1.29 bits per heavy atom. The van der Waals surface area contributed by atoms with E-state index in [1.165, 1.54) is 24.1 Å². The molecule has 2 atom stereocenters. The lowest BCUT2D eigenvalue weighted by Crippen LogP contribution is -2.30. The number of nitrogens with zero attached hydrogens (tertiary/aromatic N) is 1. The van der Waals surface area contributed by atoms with Gasteiger partial charge in [-0.15, -0.1) is 0 Å². The Morgan fingerprint density at radius 2 is 2.25 bits per heavy atom. The third kappa shape index (κ3) is 2.93. The minimum atomic E-state index is -2.02. The molecule has 4 rings (SSSR count). The fraction of sp³-hybridized carbons (Fsp3) is 0.600. The highest BCUT2D eigenvalue weighted by molar-refractivity contribution is 5.86. The fourth-order valence-corrected chi connectivity index (χ4v) is 4.27. The van der Waals surface area contributed by atoms with Crippen LogP contribution in [0, 0.1) is 0 Å². The first-order valence-electron chi connectivity index (χ1n) is 10.7. The van der Waals surface area contributed by atoms with Crippen molar-refractivity contribution in [2.24, 2.45) is 0 Å². The average Bonchev–Trinajstić information content (AvgIpc) is 3.27. The minimum Gasteiger partial charge on any atom is -0.497 e. The summed E-state index contributed by atoms with van der Waals surface area (Å²) in [6.45, 7) is -0.328. The molecule has 2 aromatic rings. The van der Waals surface area contributed by atoms with Crippen LogP contribution in [0.25, 0.3) is 10.9 Å². The number of aromatic amines is 1. The van der Waals surface area contributed by atoms with Crippen molar-refractivity contribution in [1.82, 2.24) is 15.2 Å². The Balaban J connectivity index is 1.74. The Morgan fingerprint density at radius 3 is 3.04 bits per heavy atom. The van der Waals surface area contributed by atoms with Crippen molar-refractivity contribution in [2.45, 2.75) is 50.6 Å². The fourth-order valence-electron chi connectivity index (χ4n) is 4.27. The number of aromatic nitrogens is 1. The monoisotopic (exact) mass is 330 g/mol. The van der Waals surface area contributed by atoms with Gasteiger partial charge < -0.3 is 19.9 Å². The maximum atomic E-state index is 7.88. The number of methoxy groups -OCH3 is 1. The molecule has 1 aromatic carbocycles. The van der Waals surface area contributed by atoms with E-state index in [9.17, 15) is 0 Å². The molecule has 0 amide bonds. The zero-order valence-corrected chi connectivity index (χ0v) is 14.4. The van der Waals surface area contributed by atoms with E-state index >= 15 is 0 Å². The normalized spacial score (nSPS) is 27.8. The summed E-state index contributed by atoms with van der Waals surface area (Å²) >= 11 is 0. The van der Waals surface area contributed by atoms with E-state index < -0.39 is 6.98 Å². The molecular formula is C20H29N3O. The van der Waals surface area contributed by atoms with E-state index in [0.717, 1.165) is 48.9 Å². The van der Waals surface area contributed by atoms with Crippen molar-refractivity contribution >= 4 is 10.9 Å². The van der Waals surface area contributed by atoms with Crippen molar-refractivity contribution in [3.63, 3.8) is 0 Å². The molecule has 2 N–H and O–H groups in total. The second-order valence-corrected chi connectivity index (χ2v) is 7.12. The Kier molecular flexibility index (Phi) is 3.61. The first kappa shape index (κ1) is 12.8. The number of rotatable bonds is 4. The summed E-state index contributed by atoms with van der Waals surface area (Å²) in [5.41, 5.74) is 3.59. The van der Waals surface area contributed by atoms with Gasteiger partial charge in [0, 0.05) is 32.8 Å². The van der Waals surface area contributed by atoms with Crippen LogP contribution in [-0.4, -0.2) is 43.1 Å². The molecule has 1 unspecified atom stereocenters. The zero-order chi connectivity index (χ0) is 19.0. The van der Waals surface area contributed by atoms with Gasteiger partial charge in [-0.1, -0.05) is 6.42 Å². The van der Waals surface area contributed by atoms with Gasteiger partial charge in [-0.2, -0.15) is 0 Å². The van der Waals surface area contributed by atoms with Crippen LogP contribution >= 0.6 is 0 Å². The highest BCUT2D eigenvalue weighted by atomic mass is 16.5. The number of fused-ring (bicyclic) bond motifs is 1. The number of hydrogen-bond donors (Lipinski definition) is 2. The molecule has 2 aliphatic heterocycles. The summed E-state index contributed by atoms with van der Waals surface area (Å²) in [4.78, 5) is 5.35. The van der Waals surface area contributed by atoms with Gasteiger partial charge in [0.05, 0.1) is 7.11 Å². The van der Waals surface area contributed by atoms with Crippen LogP contribution in [0.1, 0.15) is 53.5 Å². The third-order valence-electron chi connectivity index (χ3n) is 5.62. The summed E-state index contributed by atoms with van der Waals surface area (Å²) in [6.07, 6.45) is 6.21. The van der Waals surface area contributed by atoms with Gasteiger partial charge in [0.1, 0.15) is 5.75 Å². The van der Waals surface area contributed by atoms with Crippen molar-refractivity contribution in [2.75, 3.05) is 27.2 Å². The number of hydrogen-bond acceptors (Lipinski definition) is 3. The Labute approximate surface area is 148 Å². The zero-order valence-electron chi connectivity index (χ0n) is 17.4. The lowest BCUT2D eigenvalue weighted by Gasteiger charge is -2.26. The van der Waals surface area contributed by atoms with Crippen LogP contribution in [0.15, 0.2) is 18.2 Å². The number of piperidine rings is 1. The average molecular weight is 330 g/mol. The van der Waals surface area contributed by atoms with E-state index in [1.54, 1.807) is 12.0 Å². The summed E-state index contributed by atoms with van der Waals surface area (Å²) in [6, 6.07) is 6.51. The topological polar surface area (TPSA) is 40.3 Å². The lowest BCUT2D eigenvalue weighted by molar-refractivity contribution is 0.308. The number of H-pyrrole nitrogens is 1. The van der Waals surface area contributed by atoms with Crippen LogP contribution in [-0.2, 0) is 6.42 Å². The Bertz CT molecular complexity index is 796. The molecule has 2 saturated heterocycles. The molecule has 0 saturated carbocycles. The summed E-state index contributed by atoms with van der Waals surface area (Å²) < 4.78 is 29.1. The first-order valence-corrected chi connectivity index (χ1v) is 9.16. The summed E-state index contributed by atoms with van der Waals surface area (Å²) in [5, 5.41) is 4.81. The van der Waals surface area contributed by atoms with Crippen LogP contribution in [0.3, 0.4) is 0 Å². The van der Waals surface area contributed by atoms with Crippen LogP contribution in [0.2, 0.25) is 0 Å². The van der Waals surface area contributed by atoms with E-state index in [2.05, 4.69) is 22.4 Å². The molecular weight excluding hydrogens is 298 g/mol. The number of benzene rings is 1. The molecule has 130 valence electrons. The standard InChI is InChI=1S/C20H29N3O/c1-23-11-5-6-14(23)12-17-16-13-15(24-2)8-9-18(16)22-20(17)19-7-3-4-10-21-19/h8-9,13-14,19,21-22H,3-7,10-12H2,1-2H3/t14-,19?/m1/s1/i1D3. The van der Waals surface area contributed by atoms with Gasteiger partial charge in [-0.3, -0.25) is 0 Å². The van der Waals surface area contributed by atoms with Crippen LogP contribution in [0.5, 0.6) is 5.75 Å². The largest absolute Gasteiger partial charge is 0.497 e. The maximum Gasteiger partial charge on any atom is 0.119 e. The predicted molar refractivity (Wildman–Crippen MR) is 98.8 cm³/mol. The molecule has 2 fully saturated rings. The smallest absolute Gasteiger partial charge is 0.119 e. The van der Waals surface area contributed by atoms with E-state index in [4.69, 9.17) is 8.85 Å². The highest BCUT2D eigenvalue weighted by Crippen LogP contribution is 2.35. The van der Waals surface area contributed by atoms with E-state index in [-0.39, 0.29) is 6.04 Å². The van der Waals surface area contributed by atoms with E-state index in [1.807, 2.05) is 6.07 Å². The van der Waals surface area contributed by atoms with Gasteiger partial charge in [0.15, 0.2) is 0 Å². The van der Waals surface area contributed by atoms with Crippen molar-refractivity contribution < 1.29 is 8.85 Å². The molecule has 4 heteroatoms. The predicted octanol–water partition coefficient (Wildman–Crippen LogP) is 3.63. The van der Waals surface area contributed by atoms with Gasteiger partial charge in [-0.25, -0.2) is 0 Å². The maximum absolute atomic E-state index is 7.88. The third-order valence-corrected chi connectivity index (χ3v) is 5.62. The molecule has 4 nitrogen and oxygen atoms in total. The minimum absolute atomic E-state index is 0.0602. The molecule has 0 spiro atoms. The molecule has 0 bridgehead atoms. The highest BCUT2D eigenvalue weighted by Gasteiger charge is 2.27. The van der Waals surface area contributed by atoms with Gasteiger partial charge in [0.2, 0.25) is 0 Å². The van der Waals surface area contributed by atoms with Crippen LogP contribution < -0.4 is 10.1 Å². The molecule has 3 heterocycles. The van der Waals surface area contributed by atoms with Crippen molar-refractivity contribution in [3.05, 3.63) is 29.5 Å². The summed E-state index contributed by atoms with van der Waals surface area (Å²) in [7, 11) is 1.68. The molecule has 24 heavy (non-hydrogen) atoms. The van der Waals surface area contributed by atoms with Crippen molar-refractivity contribution in [1.29, 1.82) is 0 Å². The van der Waals surface area contributed by atoms with Crippen LogP contribution in [0.4, 0.5) is 0 Å². The van der Waals surface area contributed by atoms with Gasteiger partial charge in [0.25, 0.3) is 0 Å². The number of ether oxygens (including phenoxy) is 1. The molecule has 0 radical (unpaired) electrons. The van der Waals surface area contributed by atoms with Crippen molar-refractivity contribution in [3.8, 4) is 5.75 Å². The second-order valence-electron chi connectivity index (χ2n) is 7.12. The summed E-state index contributed by atoms with van der Waals surface area (Å²) in [5.74, 6) is 0.838. The quantitative estimate of drug-likeness (QED) is 0.899. The van der Waals surface area contributed by atoms with Gasteiger partial charge >= 0.3 is 0 Å². The lowest BCUT2D eigenvalue weighted by atomic mass is 9.94. The number of likely N-dealkylation sites (N-methyl/N-ethyl adjacent to an activating group) is 1. The molecule has 2 aliphatic rings. The SMILES string of the molecule is [2H]C([2H])([2H])N1CCC[C@@H]1Cc1c(C2CCCCN2)[nH]c2ccc(OC)cc12. The first-order chi connectivity index (χ1) is 13.0. The number of likely N-dealkylation sites (tertiary alicyclic amines) is 1.